The van der Waals surface area contributed by atoms with Crippen LogP contribution in [0, 0.1) is 10.1 Å². The summed E-state index contributed by atoms with van der Waals surface area (Å²) >= 11 is 12.8. The van der Waals surface area contributed by atoms with Crippen molar-refractivity contribution in [3.63, 3.8) is 0 Å². The third-order valence-corrected chi connectivity index (χ3v) is 6.48. The van der Waals surface area contributed by atoms with Crippen molar-refractivity contribution in [3.05, 3.63) is 90.9 Å². The van der Waals surface area contributed by atoms with Crippen molar-refractivity contribution in [1.82, 2.24) is 9.88 Å². The van der Waals surface area contributed by atoms with Gasteiger partial charge in [-0.2, -0.15) is 0 Å². The van der Waals surface area contributed by atoms with Crippen LogP contribution in [0.2, 0.25) is 10.0 Å². The van der Waals surface area contributed by atoms with Crippen molar-refractivity contribution in [2.75, 3.05) is 7.11 Å². The Hall–Kier alpha value is -3.60. The number of imide groups is 1. The van der Waals surface area contributed by atoms with E-state index in [0.29, 0.717) is 21.2 Å². The van der Waals surface area contributed by atoms with E-state index in [-0.39, 0.29) is 34.5 Å². The van der Waals surface area contributed by atoms with Crippen molar-refractivity contribution in [3.8, 4) is 17.4 Å². The fraction of sp³-hybridized carbons (Fsp3) is 0.0870. The molecule has 3 aromatic rings. The molecule has 0 aliphatic carbocycles. The molecule has 1 saturated heterocycles. The van der Waals surface area contributed by atoms with Crippen LogP contribution < -0.4 is 9.47 Å². The first-order valence-electron chi connectivity index (χ1n) is 9.91. The van der Waals surface area contributed by atoms with E-state index in [2.05, 4.69) is 4.98 Å². The lowest BCUT2D eigenvalue weighted by Crippen LogP contribution is -2.27. The van der Waals surface area contributed by atoms with Gasteiger partial charge in [0.2, 0.25) is 0 Å². The molecule has 178 valence electrons. The Morgan fingerprint density at radius 1 is 1.11 bits per heavy atom. The maximum absolute atomic E-state index is 12.9. The van der Waals surface area contributed by atoms with E-state index in [1.807, 2.05) is 0 Å². The van der Waals surface area contributed by atoms with Gasteiger partial charge in [-0.1, -0.05) is 35.3 Å². The first-order valence-corrected chi connectivity index (χ1v) is 11.5. The number of aromatic nitrogens is 1. The van der Waals surface area contributed by atoms with Crippen LogP contribution in [0.1, 0.15) is 11.1 Å². The predicted octanol–water partition coefficient (Wildman–Crippen LogP) is 6.33. The molecule has 0 atom stereocenters. The van der Waals surface area contributed by atoms with Crippen molar-refractivity contribution in [2.24, 2.45) is 0 Å². The summed E-state index contributed by atoms with van der Waals surface area (Å²) in [6.45, 7) is 0.0534. The zero-order chi connectivity index (χ0) is 25.1. The van der Waals surface area contributed by atoms with E-state index in [1.165, 1.54) is 31.5 Å². The summed E-state index contributed by atoms with van der Waals surface area (Å²) in [5.74, 6) is -0.186. The lowest BCUT2D eigenvalue weighted by molar-refractivity contribution is -0.386. The number of amides is 2. The largest absolute Gasteiger partial charge is 0.493 e. The van der Waals surface area contributed by atoms with Gasteiger partial charge in [0.1, 0.15) is 0 Å². The van der Waals surface area contributed by atoms with Crippen LogP contribution in [-0.2, 0) is 11.3 Å². The number of hydrogen-bond acceptors (Lipinski definition) is 8. The average molecular weight is 532 g/mol. The maximum Gasteiger partial charge on any atom is 0.331 e. The van der Waals surface area contributed by atoms with Crippen molar-refractivity contribution in [2.45, 2.75) is 6.54 Å². The van der Waals surface area contributed by atoms with Gasteiger partial charge in [0.05, 0.1) is 33.5 Å². The highest BCUT2D eigenvalue weighted by molar-refractivity contribution is 8.18. The van der Waals surface area contributed by atoms with Crippen molar-refractivity contribution in [1.29, 1.82) is 0 Å². The Balaban J connectivity index is 1.55. The zero-order valence-electron chi connectivity index (χ0n) is 17.9. The van der Waals surface area contributed by atoms with Crippen LogP contribution in [0.3, 0.4) is 0 Å². The smallest absolute Gasteiger partial charge is 0.331 e. The summed E-state index contributed by atoms with van der Waals surface area (Å²) in [5, 5.41) is 11.5. The number of benzene rings is 2. The SMILES string of the molecule is COc1cc(/C=C2/SC(=O)N(Cc3ccc(Cl)c(Cl)c3)C2=O)ccc1Oc1ncccc1[N+](=O)[O-]. The van der Waals surface area contributed by atoms with Gasteiger partial charge in [-0.25, -0.2) is 4.98 Å². The third kappa shape index (κ3) is 5.40. The molecule has 0 bridgehead atoms. The monoisotopic (exact) mass is 531 g/mol. The number of hydrogen-bond donors (Lipinski definition) is 0. The lowest BCUT2D eigenvalue weighted by atomic mass is 10.1. The molecule has 0 radical (unpaired) electrons. The summed E-state index contributed by atoms with van der Waals surface area (Å²) < 4.78 is 11.0. The number of nitro groups is 1. The van der Waals surface area contributed by atoms with Crippen LogP contribution in [0.4, 0.5) is 10.5 Å². The highest BCUT2D eigenvalue weighted by Crippen LogP contribution is 2.38. The van der Waals surface area contributed by atoms with E-state index >= 15 is 0 Å². The van der Waals surface area contributed by atoms with Gasteiger partial charge in [-0.05, 0) is 59.3 Å². The minimum absolute atomic E-state index is 0.0534. The van der Waals surface area contributed by atoms with Crippen LogP contribution in [0.25, 0.3) is 6.08 Å². The van der Waals surface area contributed by atoms with E-state index in [0.717, 1.165) is 16.7 Å². The van der Waals surface area contributed by atoms with Gasteiger partial charge in [-0.3, -0.25) is 24.6 Å². The molecule has 0 N–H and O–H groups in total. The Morgan fingerprint density at radius 3 is 2.63 bits per heavy atom. The normalized spacial score (nSPS) is 14.5. The number of halogens is 2. The number of methoxy groups -OCH3 is 1. The standard InChI is InChI=1S/C23H15Cl2N3O6S/c1-33-19-10-13(5-7-18(19)34-21-17(28(31)32)3-2-8-26-21)11-20-22(29)27(23(30)35-20)12-14-4-6-15(24)16(25)9-14/h2-11H,12H2,1H3/b20-11+. The lowest BCUT2D eigenvalue weighted by Gasteiger charge is -2.13. The molecule has 0 spiro atoms. The number of thioether (sulfide) groups is 1. The quantitative estimate of drug-likeness (QED) is 0.197. The van der Waals surface area contributed by atoms with Crippen LogP contribution in [0.5, 0.6) is 17.4 Å². The maximum atomic E-state index is 12.9. The van der Waals surface area contributed by atoms with Gasteiger partial charge < -0.3 is 9.47 Å². The van der Waals surface area contributed by atoms with Gasteiger partial charge in [0.25, 0.3) is 17.0 Å². The topological polar surface area (TPSA) is 112 Å². The van der Waals surface area contributed by atoms with Crippen LogP contribution in [0.15, 0.2) is 59.6 Å². The molecule has 9 nitrogen and oxygen atoms in total. The molecular formula is C23H15Cl2N3O6S. The number of carbonyl (C=O) groups is 2. The Labute approximate surface area is 213 Å². The number of ether oxygens (including phenoxy) is 2. The second-order valence-electron chi connectivity index (χ2n) is 7.11. The highest BCUT2D eigenvalue weighted by atomic mass is 35.5. The summed E-state index contributed by atoms with van der Waals surface area (Å²) in [6, 6.07) is 12.3. The molecule has 2 aromatic carbocycles. The first kappa shape index (κ1) is 24.5. The molecule has 35 heavy (non-hydrogen) atoms. The third-order valence-electron chi connectivity index (χ3n) is 4.84. The second kappa shape index (κ2) is 10.3. The fourth-order valence-corrected chi connectivity index (χ4v) is 4.33. The van der Waals surface area contributed by atoms with Gasteiger partial charge in [-0.15, -0.1) is 0 Å². The minimum atomic E-state index is -0.600. The van der Waals surface area contributed by atoms with E-state index in [9.17, 15) is 19.7 Å². The molecule has 0 saturated carbocycles. The van der Waals surface area contributed by atoms with Crippen molar-refractivity contribution >= 4 is 57.9 Å². The molecule has 0 unspecified atom stereocenters. The van der Waals surface area contributed by atoms with E-state index in [1.54, 1.807) is 36.4 Å². The molecule has 4 rings (SSSR count). The molecule has 1 aliphatic rings. The summed E-state index contributed by atoms with van der Waals surface area (Å²) in [7, 11) is 1.41. The number of rotatable bonds is 7. The van der Waals surface area contributed by atoms with E-state index in [4.69, 9.17) is 32.7 Å². The van der Waals surface area contributed by atoms with Gasteiger partial charge in [0, 0.05) is 12.3 Å². The van der Waals surface area contributed by atoms with Crippen LogP contribution in [-0.4, -0.2) is 33.1 Å². The summed E-state index contributed by atoms with van der Waals surface area (Å²) in [6.07, 6.45) is 2.92. The molecule has 2 amide bonds. The van der Waals surface area contributed by atoms with E-state index < -0.39 is 16.1 Å². The fourth-order valence-electron chi connectivity index (χ4n) is 3.17. The Morgan fingerprint density at radius 2 is 1.91 bits per heavy atom. The van der Waals surface area contributed by atoms with Gasteiger partial charge in [0.15, 0.2) is 11.5 Å². The van der Waals surface area contributed by atoms with Gasteiger partial charge >= 0.3 is 5.69 Å². The molecule has 1 aromatic heterocycles. The summed E-state index contributed by atoms with van der Waals surface area (Å²) in [5.41, 5.74) is 0.925. The minimum Gasteiger partial charge on any atom is -0.493 e. The molecule has 12 heteroatoms. The average Bonchev–Trinajstić information content (AvgIpc) is 3.09. The predicted molar refractivity (Wildman–Crippen MR) is 132 cm³/mol. The number of carbonyl (C=O) groups excluding carboxylic acids is 2. The highest BCUT2D eigenvalue weighted by Gasteiger charge is 2.35. The second-order valence-corrected chi connectivity index (χ2v) is 8.92. The Bertz CT molecular complexity index is 1380. The first-order chi connectivity index (χ1) is 16.8. The Kier molecular flexibility index (Phi) is 7.25. The molecule has 2 heterocycles. The summed E-state index contributed by atoms with van der Waals surface area (Å²) in [4.78, 5) is 41.2. The zero-order valence-corrected chi connectivity index (χ0v) is 20.3. The number of pyridine rings is 1. The number of nitrogens with zero attached hydrogens (tertiary/aromatic N) is 3. The van der Waals surface area contributed by atoms with Crippen molar-refractivity contribution < 1.29 is 24.0 Å². The van der Waals surface area contributed by atoms with Crippen LogP contribution >= 0.6 is 35.0 Å². The molecule has 1 fully saturated rings. The molecule has 1 aliphatic heterocycles. The molecular weight excluding hydrogens is 517 g/mol.